The molecule has 0 unspecified atom stereocenters. The summed E-state index contributed by atoms with van der Waals surface area (Å²) in [5.41, 5.74) is 1.71. The average Bonchev–Trinajstić information content (AvgIpc) is 3.26. The van der Waals surface area contributed by atoms with Crippen molar-refractivity contribution in [3.63, 3.8) is 0 Å². The Bertz CT molecular complexity index is 1320. The zero-order valence-electron chi connectivity index (χ0n) is 19.9. The zero-order valence-corrected chi connectivity index (χ0v) is 23.0. The summed E-state index contributed by atoms with van der Waals surface area (Å²) in [6.45, 7) is 3.69. The van der Waals surface area contributed by atoms with Gasteiger partial charge in [-0.2, -0.15) is 4.31 Å². The van der Waals surface area contributed by atoms with Crippen molar-refractivity contribution in [1.82, 2.24) is 14.2 Å². The zero-order chi connectivity index (χ0) is 25.3. The Balaban J connectivity index is 1.52. The van der Waals surface area contributed by atoms with E-state index in [9.17, 15) is 13.2 Å². The third kappa shape index (κ3) is 5.65. The molecule has 0 spiro atoms. The monoisotopic (exact) mass is 554 g/mol. The molecule has 4 rings (SSSR count). The number of hydrogen-bond acceptors (Lipinski definition) is 6. The van der Waals surface area contributed by atoms with Gasteiger partial charge < -0.3 is 4.90 Å². The van der Waals surface area contributed by atoms with Gasteiger partial charge in [-0.05, 0) is 75.8 Å². The Morgan fingerprint density at radius 2 is 1.74 bits per heavy atom. The molecule has 2 aromatic carbocycles. The molecule has 11 heteroatoms. The van der Waals surface area contributed by atoms with E-state index in [4.69, 9.17) is 28.2 Å². The van der Waals surface area contributed by atoms with Crippen molar-refractivity contribution in [2.24, 2.45) is 5.92 Å². The number of amides is 1. The minimum atomic E-state index is -3.63. The summed E-state index contributed by atoms with van der Waals surface area (Å²) in [6.07, 6.45) is 0.916. The molecule has 1 aliphatic rings. The SMILES string of the molecule is Cc1c(Cl)ccc2sc(N(CCN(C)C)C(=O)C3CCN(S(=O)(=O)c4ccc(Cl)cc4)CC3)nc12. The standard InChI is InChI=1S/C24H28Cl2N4O3S2/c1-16-20(26)8-9-21-22(16)27-24(34-21)30(15-14-28(2)3)23(31)17-10-12-29(13-11-17)35(32,33)19-6-4-18(25)5-7-19/h4-9,17H,10-15H2,1-3H3. The van der Waals surface area contributed by atoms with Gasteiger partial charge in [0.05, 0.1) is 15.1 Å². The molecule has 0 radical (unpaired) electrons. The number of thiazole rings is 1. The van der Waals surface area contributed by atoms with Crippen molar-refractivity contribution in [2.75, 3.05) is 45.2 Å². The normalized spacial score (nSPS) is 15.7. The molecule has 1 aliphatic heterocycles. The van der Waals surface area contributed by atoms with Crippen LogP contribution in [0.3, 0.4) is 0 Å². The molecule has 1 amide bonds. The van der Waals surface area contributed by atoms with Crippen LogP contribution in [0, 0.1) is 12.8 Å². The van der Waals surface area contributed by atoms with Gasteiger partial charge in [-0.15, -0.1) is 0 Å². The number of aryl methyl sites for hydroxylation is 1. The van der Waals surface area contributed by atoms with E-state index >= 15 is 0 Å². The maximum Gasteiger partial charge on any atom is 0.243 e. The summed E-state index contributed by atoms with van der Waals surface area (Å²) in [4.78, 5) is 22.4. The number of nitrogens with zero attached hydrogens (tertiary/aromatic N) is 4. The minimum absolute atomic E-state index is 0.0156. The van der Waals surface area contributed by atoms with Crippen LogP contribution < -0.4 is 4.90 Å². The second kappa shape index (κ2) is 10.7. The highest BCUT2D eigenvalue weighted by Crippen LogP contribution is 2.35. The lowest BCUT2D eigenvalue weighted by Gasteiger charge is -2.33. The molecule has 1 aromatic heterocycles. The third-order valence-electron chi connectivity index (χ3n) is 6.26. The lowest BCUT2D eigenvalue weighted by Crippen LogP contribution is -2.46. The molecule has 0 atom stereocenters. The summed E-state index contributed by atoms with van der Waals surface area (Å²) in [5, 5.41) is 1.78. The van der Waals surface area contributed by atoms with E-state index in [0.717, 1.165) is 15.8 Å². The summed E-state index contributed by atoms with van der Waals surface area (Å²) in [5.74, 6) is -0.288. The molecule has 188 valence electrons. The first-order chi connectivity index (χ1) is 16.6. The third-order valence-corrected chi connectivity index (χ3v) is 9.88. The van der Waals surface area contributed by atoms with Crippen molar-refractivity contribution in [1.29, 1.82) is 0 Å². The second-order valence-electron chi connectivity index (χ2n) is 8.94. The van der Waals surface area contributed by atoms with Gasteiger partial charge >= 0.3 is 0 Å². The molecular formula is C24H28Cl2N4O3S2. The summed E-state index contributed by atoms with van der Waals surface area (Å²) >= 11 is 13.7. The number of aromatic nitrogens is 1. The lowest BCUT2D eigenvalue weighted by molar-refractivity contribution is -0.123. The molecular weight excluding hydrogens is 527 g/mol. The van der Waals surface area contributed by atoms with Crippen LogP contribution in [-0.2, 0) is 14.8 Å². The van der Waals surface area contributed by atoms with Crippen molar-refractivity contribution in [3.05, 3.63) is 52.0 Å². The number of carbonyl (C=O) groups excluding carboxylic acids is 1. The van der Waals surface area contributed by atoms with Gasteiger partial charge in [0, 0.05) is 42.1 Å². The highest BCUT2D eigenvalue weighted by Gasteiger charge is 2.35. The van der Waals surface area contributed by atoms with E-state index in [2.05, 4.69) is 0 Å². The van der Waals surface area contributed by atoms with E-state index < -0.39 is 10.0 Å². The van der Waals surface area contributed by atoms with Crippen LogP contribution in [-0.4, -0.2) is 68.8 Å². The highest BCUT2D eigenvalue weighted by molar-refractivity contribution is 7.89. The molecule has 1 fully saturated rings. The molecule has 2 heterocycles. The van der Waals surface area contributed by atoms with Gasteiger partial charge in [0.25, 0.3) is 0 Å². The van der Waals surface area contributed by atoms with E-state index in [1.807, 2.05) is 38.1 Å². The van der Waals surface area contributed by atoms with E-state index in [1.165, 1.54) is 27.8 Å². The Kier molecular flexibility index (Phi) is 8.05. The largest absolute Gasteiger partial charge is 0.308 e. The Hall–Kier alpha value is -1.75. The first-order valence-corrected chi connectivity index (χ1v) is 14.4. The van der Waals surface area contributed by atoms with Crippen molar-refractivity contribution in [3.8, 4) is 0 Å². The topological polar surface area (TPSA) is 73.8 Å². The first-order valence-electron chi connectivity index (χ1n) is 11.4. The van der Waals surface area contributed by atoms with Gasteiger partial charge in [0.2, 0.25) is 15.9 Å². The van der Waals surface area contributed by atoms with Gasteiger partial charge in [0.15, 0.2) is 5.13 Å². The minimum Gasteiger partial charge on any atom is -0.308 e. The molecule has 0 bridgehead atoms. The molecule has 0 N–H and O–H groups in total. The number of benzene rings is 2. The van der Waals surface area contributed by atoms with Crippen molar-refractivity contribution in [2.45, 2.75) is 24.7 Å². The van der Waals surface area contributed by atoms with Crippen LogP contribution in [0.25, 0.3) is 10.2 Å². The summed E-state index contributed by atoms with van der Waals surface area (Å²) in [7, 11) is 0.299. The fraction of sp³-hybridized carbons (Fsp3) is 0.417. The Morgan fingerprint density at radius 1 is 1.09 bits per heavy atom. The number of hydrogen-bond donors (Lipinski definition) is 0. The fourth-order valence-corrected chi connectivity index (χ4v) is 6.93. The first kappa shape index (κ1) is 26.3. The maximum atomic E-state index is 13.7. The van der Waals surface area contributed by atoms with E-state index in [-0.39, 0.29) is 29.8 Å². The van der Waals surface area contributed by atoms with Crippen molar-refractivity contribution >= 4 is 65.8 Å². The van der Waals surface area contributed by atoms with Gasteiger partial charge in [0.1, 0.15) is 0 Å². The number of halogens is 2. The Morgan fingerprint density at radius 3 is 2.37 bits per heavy atom. The highest BCUT2D eigenvalue weighted by atomic mass is 35.5. The maximum absolute atomic E-state index is 13.7. The molecule has 1 saturated heterocycles. The number of sulfonamides is 1. The van der Waals surface area contributed by atoms with Gasteiger partial charge in [-0.1, -0.05) is 34.5 Å². The predicted octanol–water partition coefficient (Wildman–Crippen LogP) is 4.91. The van der Waals surface area contributed by atoms with E-state index in [0.29, 0.717) is 41.1 Å². The van der Waals surface area contributed by atoms with Crippen LogP contribution in [0.1, 0.15) is 18.4 Å². The number of carbonyl (C=O) groups is 1. The number of piperidine rings is 1. The van der Waals surface area contributed by atoms with Crippen LogP contribution in [0.5, 0.6) is 0 Å². The second-order valence-corrected chi connectivity index (χ2v) is 12.7. The van der Waals surface area contributed by atoms with E-state index in [1.54, 1.807) is 17.0 Å². The van der Waals surface area contributed by atoms with Gasteiger partial charge in [-0.3, -0.25) is 9.69 Å². The molecule has 0 aliphatic carbocycles. The fourth-order valence-electron chi connectivity index (χ4n) is 4.12. The molecule has 0 saturated carbocycles. The quantitative estimate of drug-likeness (QED) is 0.415. The average molecular weight is 556 g/mol. The lowest BCUT2D eigenvalue weighted by atomic mass is 9.96. The van der Waals surface area contributed by atoms with Crippen LogP contribution in [0.15, 0.2) is 41.3 Å². The van der Waals surface area contributed by atoms with Crippen molar-refractivity contribution < 1.29 is 13.2 Å². The number of fused-ring (bicyclic) bond motifs is 1. The number of likely N-dealkylation sites (N-methyl/N-ethyl adjacent to an activating group) is 1. The molecule has 3 aromatic rings. The number of anilines is 1. The Labute approximate surface area is 220 Å². The van der Waals surface area contributed by atoms with Gasteiger partial charge in [-0.25, -0.2) is 13.4 Å². The predicted molar refractivity (Wildman–Crippen MR) is 143 cm³/mol. The molecule has 7 nitrogen and oxygen atoms in total. The van der Waals surface area contributed by atoms with Crippen LogP contribution in [0.2, 0.25) is 10.0 Å². The smallest absolute Gasteiger partial charge is 0.243 e. The van der Waals surface area contributed by atoms with Crippen LogP contribution in [0.4, 0.5) is 5.13 Å². The van der Waals surface area contributed by atoms with Crippen LogP contribution >= 0.6 is 34.5 Å². The summed E-state index contributed by atoms with van der Waals surface area (Å²) < 4.78 is 28.5. The molecule has 35 heavy (non-hydrogen) atoms. The summed E-state index contributed by atoms with van der Waals surface area (Å²) in [6, 6.07) is 9.95. The number of rotatable bonds is 7.